The third-order valence-corrected chi connectivity index (χ3v) is 11.3. The van der Waals surface area contributed by atoms with Crippen molar-refractivity contribution < 1.29 is 57.8 Å². The molecule has 1 aromatic heterocycles. The molecule has 0 amide bonds. The Balaban J connectivity index is 1.38. The van der Waals surface area contributed by atoms with E-state index in [1.807, 2.05) is 20.8 Å². The van der Waals surface area contributed by atoms with Crippen LogP contribution in [0.25, 0.3) is 0 Å². The highest BCUT2D eigenvalue weighted by atomic mass is 16.8. The smallest absolute Gasteiger partial charge is 0.343 e. The van der Waals surface area contributed by atoms with Gasteiger partial charge in [0.15, 0.2) is 23.9 Å². The van der Waals surface area contributed by atoms with Crippen LogP contribution in [0.3, 0.4) is 0 Å². The van der Waals surface area contributed by atoms with Gasteiger partial charge in [0.25, 0.3) is 0 Å². The predicted octanol–water partition coefficient (Wildman–Crippen LogP) is 1.09. The van der Waals surface area contributed by atoms with Crippen molar-refractivity contribution in [2.75, 3.05) is 0 Å². The van der Waals surface area contributed by atoms with E-state index in [2.05, 4.69) is 4.98 Å². The molecule has 5 heterocycles. The van der Waals surface area contributed by atoms with Crippen LogP contribution in [0.2, 0.25) is 0 Å². The number of hydrogen-bond donors (Lipinski definition) is 2. The molecule has 4 aliphatic heterocycles. The zero-order valence-electron chi connectivity index (χ0n) is 25.4. The minimum atomic E-state index is -2.46. The molecular formula is C33H33NO12. The second-order valence-corrected chi connectivity index (χ2v) is 14.1. The molecular weight excluding hydrogens is 602 g/mol. The number of ether oxygens (including phenoxy) is 6. The number of nitrogens with zero attached hydrogens (tertiary/aromatic N) is 1. The third kappa shape index (κ3) is 2.99. The number of rotatable bonds is 5. The van der Waals surface area contributed by atoms with Gasteiger partial charge in [-0.1, -0.05) is 45.0 Å². The molecule has 2 N–H and O–H groups in total. The Morgan fingerprint density at radius 1 is 0.978 bits per heavy atom. The van der Waals surface area contributed by atoms with Crippen molar-refractivity contribution in [2.45, 2.75) is 82.3 Å². The molecule has 13 heteroatoms. The Bertz CT molecular complexity index is 1660. The van der Waals surface area contributed by atoms with Gasteiger partial charge >= 0.3 is 23.9 Å². The summed E-state index contributed by atoms with van der Waals surface area (Å²) in [5.41, 5.74) is -8.92. The molecule has 1 aromatic carbocycles. The highest BCUT2D eigenvalue weighted by Crippen LogP contribution is 2.85. The van der Waals surface area contributed by atoms with Crippen LogP contribution < -0.4 is 0 Å². The van der Waals surface area contributed by atoms with Gasteiger partial charge in [0.2, 0.25) is 11.9 Å². The summed E-state index contributed by atoms with van der Waals surface area (Å²) in [6.45, 7) is 6.76. The molecule has 8 rings (SSSR count). The fourth-order valence-electron chi connectivity index (χ4n) is 9.95. The van der Waals surface area contributed by atoms with E-state index in [1.54, 1.807) is 54.7 Å². The molecule has 2 aromatic rings. The van der Waals surface area contributed by atoms with Crippen molar-refractivity contribution in [1.82, 2.24) is 4.98 Å². The number of pyridine rings is 1. The summed E-state index contributed by atoms with van der Waals surface area (Å²) >= 11 is 0. The van der Waals surface area contributed by atoms with E-state index < -0.39 is 100.0 Å². The lowest BCUT2D eigenvalue weighted by atomic mass is 9.51. The van der Waals surface area contributed by atoms with Crippen molar-refractivity contribution in [3.63, 3.8) is 0 Å². The summed E-state index contributed by atoms with van der Waals surface area (Å²) in [7, 11) is 0. The second kappa shape index (κ2) is 9.12. The molecule has 242 valence electrons. The van der Waals surface area contributed by atoms with Crippen molar-refractivity contribution in [2.24, 2.45) is 28.1 Å². The molecule has 0 radical (unpaired) electrons. The maximum absolute atomic E-state index is 14.3. The minimum Gasteiger partial charge on any atom is -0.456 e. The number of carbonyl (C=O) groups is 4. The van der Waals surface area contributed by atoms with Crippen LogP contribution in [0, 0.1) is 28.1 Å². The van der Waals surface area contributed by atoms with Gasteiger partial charge in [-0.05, 0) is 36.6 Å². The largest absolute Gasteiger partial charge is 0.456 e. The maximum atomic E-state index is 14.3. The minimum absolute atomic E-state index is 0.169. The van der Waals surface area contributed by atoms with Crippen LogP contribution in [0.4, 0.5) is 0 Å². The topological polar surface area (TPSA) is 177 Å². The number of aromatic nitrogens is 1. The molecule has 6 aliphatic rings. The Morgan fingerprint density at radius 3 is 2.37 bits per heavy atom. The lowest BCUT2D eigenvalue weighted by Gasteiger charge is -2.48. The summed E-state index contributed by atoms with van der Waals surface area (Å²) in [6, 6.07) is 13.4. The van der Waals surface area contributed by atoms with Crippen LogP contribution in [-0.2, 0) is 49.4 Å². The normalized spacial score (nSPS) is 44.6. The van der Waals surface area contributed by atoms with E-state index in [9.17, 15) is 29.4 Å². The molecule has 2 saturated carbocycles. The first-order valence-corrected chi connectivity index (χ1v) is 15.3. The monoisotopic (exact) mass is 635 g/mol. The number of fused-ring (bicyclic) bond motifs is 1. The fraction of sp³-hybridized carbons (Fsp3) is 0.545. The fourth-order valence-corrected chi connectivity index (χ4v) is 9.95. The summed E-state index contributed by atoms with van der Waals surface area (Å²) in [4.78, 5) is 59.2. The molecule has 2 spiro atoms. The van der Waals surface area contributed by atoms with Gasteiger partial charge in [-0.2, -0.15) is 0 Å². The third-order valence-electron chi connectivity index (χ3n) is 11.3. The highest BCUT2D eigenvalue weighted by molar-refractivity contribution is 5.95. The van der Waals surface area contributed by atoms with E-state index in [-0.39, 0.29) is 12.2 Å². The van der Waals surface area contributed by atoms with Crippen LogP contribution in [0.1, 0.15) is 43.7 Å². The Labute approximate surface area is 263 Å². The van der Waals surface area contributed by atoms with Gasteiger partial charge in [-0.15, -0.1) is 0 Å². The van der Waals surface area contributed by atoms with E-state index in [0.29, 0.717) is 5.69 Å². The van der Waals surface area contributed by atoms with Gasteiger partial charge in [0, 0.05) is 12.1 Å². The van der Waals surface area contributed by atoms with Gasteiger partial charge in [-0.25, -0.2) is 14.4 Å². The first-order valence-electron chi connectivity index (χ1n) is 15.3. The lowest BCUT2D eigenvalue weighted by molar-refractivity contribution is -0.240. The van der Waals surface area contributed by atoms with Crippen molar-refractivity contribution >= 4 is 23.9 Å². The summed E-state index contributed by atoms with van der Waals surface area (Å²) in [5, 5.41) is 25.0. The number of carbonyl (C=O) groups excluding carboxylic acids is 4. The van der Waals surface area contributed by atoms with Crippen LogP contribution >= 0.6 is 0 Å². The number of esters is 4. The average Bonchev–Trinajstić information content (AvgIpc) is 3.73. The van der Waals surface area contributed by atoms with Crippen molar-refractivity contribution in [3.8, 4) is 0 Å². The predicted molar refractivity (Wildman–Crippen MR) is 150 cm³/mol. The summed E-state index contributed by atoms with van der Waals surface area (Å²) in [5.74, 6) is -5.81. The first kappa shape index (κ1) is 29.5. The molecule has 8 unspecified atom stereocenters. The molecule has 4 saturated heterocycles. The van der Waals surface area contributed by atoms with E-state index in [4.69, 9.17) is 28.4 Å². The standard InChI is InChI=1S/C33H33NO12/c1-15-24(36)43-22-20(35)31-21-18(42-25(37)16-10-6-5-7-11-16)19(29(2,3)4)30(31)23(41-14-17-12-8-9-13-34-17)26(38)45-28(30)46-33(31,27(39)44-21)32(15,22)40/h5-13,15,18-23,28,35,40H,14H2,1-4H3/t15-,18-,19?,20?,21?,22?,23+,28?,30?,31?,32-,33?/m1/s1. The lowest BCUT2D eigenvalue weighted by Crippen LogP contribution is -2.67. The number of aliphatic hydroxyl groups excluding tert-OH is 1. The summed E-state index contributed by atoms with van der Waals surface area (Å²) in [6.07, 6.45) is -7.76. The summed E-state index contributed by atoms with van der Waals surface area (Å²) < 4.78 is 36.6. The second-order valence-electron chi connectivity index (χ2n) is 14.1. The maximum Gasteiger partial charge on any atom is 0.343 e. The SMILES string of the molecule is C[C@@H]1C(=O)OC2C(O)C34C5OC(=O)C3(OC3OC(=O)[C@H](OCc6ccccn6)C34C(C(C)(C)C)[C@H]5OC(=O)c3ccccc3)[C@]21O. The van der Waals surface area contributed by atoms with E-state index in [0.717, 1.165) is 0 Å². The Kier molecular flexibility index (Phi) is 5.85. The molecule has 0 bridgehead atoms. The average molecular weight is 636 g/mol. The van der Waals surface area contributed by atoms with Crippen molar-refractivity contribution in [3.05, 3.63) is 66.0 Å². The molecule has 6 fully saturated rings. The van der Waals surface area contributed by atoms with Gasteiger partial charge in [0.05, 0.1) is 34.6 Å². The van der Waals surface area contributed by atoms with Gasteiger partial charge in [0.1, 0.15) is 12.2 Å². The quantitative estimate of drug-likeness (QED) is 0.353. The van der Waals surface area contributed by atoms with Gasteiger partial charge in [-0.3, -0.25) is 9.78 Å². The zero-order valence-corrected chi connectivity index (χ0v) is 25.4. The number of aliphatic hydroxyl groups is 2. The molecule has 13 nitrogen and oxygen atoms in total. The molecule has 12 atom stereocenters. The molecule has 2 aliphatic carbocycles. The highest BCUT2D eigenvalue weighted by Gasteiger charge is 3.05. The van der Waals surface area contributed by atoms with Crippen LogP contribution in [0.5, 0.6) is 0 Å². The first-order chi connectivity index (χ1) is 21.8. The van der Waals surface area contributed by atoms with Gasteiger partial charge < -0.3 is 38.6 Å². The van der Waals surface area contributed by atoms with E-state index >= 15 is 0 Å². The molecule has 46 heavy (non-hydrogen) atoms. The van der Waals surface area contributed by atoms with Crippen LogP contribution in [-0.4, -0.2) is 87.1 Å². The van der Waals surface area contributed by atoms with Crippen LogP contribution in [0.15, 0.2) is 54.7 Å². The zero-order chi connectivity index (χ0) is 32.6. The van der Waals surface area contributed by atoms with Crippen molar-refractivity contribution in [1.29, 1.82) is 0 Å². The number of benzene rings is 1. The Hall–Kier alpha value is -3.91. The Morgan fingerprint density at radius 2 is 1.70 bits per heavy atom. The van der Waals surface area contributed by atoms with E-state index in [1.165, 1.54) is 6.92 Å². The number of hydrogen-bond acceptors (Lipinski definition) is 13.